The van der Waals surface area contributed by atoms with Gasteiger partial charge in [-0.15, -0.1) is 0 Å². The molecule has 1 aromatic heterocycles. The van der Waals surface area contributed by atoms with Crippen LogP contribution in [-0.4, -0.2) is 14.9 Å². The molecule has 3 aromatic rings. The van der Waals surface area contributed by atoms with Crippen LogP contribution in [0.25, 0.3) is 16.8 Å². The van der Waals surface area contributed by atoms with Crippen LogP contribution in [-0.2, 0) is 0 Å². The van der Waals surface area contributed by atoms with Gasteiger partial charge in [-0.25, -0.2) is 9.07 Å². The van der Waals surface area contributed by atoms with Crippen LogP contribution in [0, 0.1) is 5.82 Å². The largest absolute Gasteiger partial charge is 0.389 e. The van der Waals surface area contributed by atoms with Crippen molar-refractivity contribution in [2.75, 3.05) is 0 Å². The van der Waals surface area contributed by atoms with E-state index in [0.717, 1.165) is 11.1 Å². The van der Waals surface area contributed by atoms with E-state index in [1.165, 1.54) is 6.07 Å². The lowest BCUT2D eigenvalue weighted by atomic mass is 10.1. The number of aliphatic hydroxyl groups is 1. The second-order valence-electron chi connectivity index (χ2n) is 4.89. The zero-order valence-corrected chi connectivity index (χ0v) is 11.6. The van der Waals surface area contributed by atoms with Crippen molar-refractivity contribution >= 4 is 0 Å². The normalized spacial score (nSPS) is 12.3. The smallest absolute Gasteiger partial charge is 0.131 e. The van der Waals surface area contributed by atoms with Crippen LogP contribution in [0.2, 0.25) is 0 Å². The van der Waals surface area contributed by atoms with Crippen molar-refractivity contribution in [2.45, 2.75) is 13.0 Å². The molecule has 0 fully saturated rings. The molecule has 0 unspecified atom stereocenters. The van der Waals surface area contributed by atoms with Gasteiger partial charge in [0, 0.05) is 17.3 Å². The van der Waals surface area contributed by atoms with Gasteiger partial charge in [0.2, 0.25) is 0 Å². The van der Waals surface area contributed by atoms with E-state index >= 15 is 0 Å². The third-order valence-corrected chi connectivity index (χ3v) is 3.38. The summed E-state index contributed by atoms with van der Waals surface area (Å²) in [6.07, 6.45) is 2.66. The van der Waals surface area contributed by atoms with Crippen LogP contribution >= 0.6 is 0 Å². The molecule has 4 heteroatoms. The molecule has 1 N–H and O–H groups in total. The minimum atomic E-state index is -0.898. The first kappa shape index (κ1) is 13.5. The lowest BCUT2D eigenvalue weighted by Gasteiger charge is -2.12. The molecule has 0 spiro atoms. The van der Waals surface area contributed by atoms with Gasteiger partial charge in [-0.3, -0.25) is 0 Å². The van der Waals surface area contributed by atoms with E-state index in [2.05, 4.69) is 5.10 Å². The fourth-order valence-corrected chi connectivity index (χ4v) is 2.37. The van der Waals surface area contributed by atoms with E-state index in [0.29, 0.717) is 5.69 Å². The van der Waals surface area contributed by atoms with Crippen LogP contribution in [0.5, 0.6) is 0 Å². The Balaban J connectivity index is 2.07. The number of aliphatic hydroxyl groups excluding tert-OH is 1. The molecule has 106 valence electrons. The van der Waals surface area contributed by atoms with Gasteiger partial charge in [-0.1, -0.05) is 36.4 Å². The predicted molar refractivity (Wildman–Crippen MR) is 79.6 cm³/mol. The first-order valence-electron chi connectivity index (χ1n) is 6.74. The Morgan fingerprint density at radius 2 is 1.81 bits per heavy atom. The fourth-order valence-electron chi connectivity index (χ4n) is 2.37. The molecule has 0 amide bonds. The number of aromatic nitrogens is 2. The third-order valence-electron chi connectivity index (χ3n) is 3.38. The molecule has 0 radical (unpaired) electrons. The second kappa shape index (κ2) is 5.50. The van der Waals surface area contributed by atoms with Gasteiger partial charge in [0.1, 0.15) is 5.82 Å². The first-order chi connectivity index (χ1) is 10.2. The minimum absolute atomic E-state index is 0.250. The second-order valence-corrected chi connectivity index (χ2v) is 4.89. The Morgan fingerprint density at radius 1 is 1.05 bits per heavy atom. The Hall–Kier alpha value is -2.46. The molecule has 0 saturated heterocycles. The van der Waals surface area contributed by atoms with Crippen LogP contribution < -0.4 is 0 Å². The summed E-state index contributed by atoms with van der Waals surface area (Å²) in [6.45, 7) is 1.55. The predicted octanol–water partition coefficient (Wildman–Crippen LogP) is 3.73. The van der Waals surface area contributed by atoms with Gasteiger partial charge in [0.05, 0.1) is 18.0 Å². The van der Waals surface area contributed by atoms with Gasteiger partial charge in [-0.05, 0) is 24.6 Å². The van der Waals surface area contributed by atoms with Crippen molar-refractivity contribution in [3.05, 3.63) is 72.3 Å². The Kier molecular flexibility index (Phi) is 3.54. The van der Waals surface area contributed by atoms with Crippen molar-refractivity contribution < 1.29 is 9.50 Å². The average molecular weight is 282 g/mol. The summed E-state index contributed by atoms with van der Waals surface area (Å²) in [6, 6.07) is 14.5. The topological polar surface area (TPSA) is 38.0 Å². The maximum Gasteiger partial charge on any atom is 0.131 e. The van der Waals surface area contributed by atoms with E-state index in [1.807, 2.05) is 36.5 Å². The van der Waals surface area contributed by atoms with Crippen molar-refractivity contribution in [3.8, 4) is 16.8 Å². The Morgan fingerprint density at radius 3 is 2.52 bits per heavy atom. The van der Waals surface area contributed by atoms with Crippen molar-refractivity contribution in [1.29, 1.82) is 0 Å². The SMILES string of the molecule is C[C@H](O)c1c(F)cccc1-n1cc(-c2ccccc2)cn1. The first-order valence-corrected chi connectivity index (χ1v) is 6.74. The number of nitrogens with zero attached hydrogens (tertiary/aromatic N) is 2. The fraction of sp³-hybridized carbons (Fsp3) is 0.118. The lowest BCUT2D eigenvalue weighted by molar-refractivity contribution is 0.194. The zero-order chi connectivity index (χ0) is 14.8. The number of hydrogen-bond donors (Lipinski definition) is 1. The number of hydrogen-bond acceptors (Lipinski definition) is 2. The molecule has 3 rings (SSSR count). The summed E-state index contributed by atoms with van der Waals surface area (Å²) in [5.41, 5.74) is 2.78. The van der Waals surface area contributed by atoms with Crippen LogP contribution in [0.4, 0.5) is 4.39 Å². The quantitative estimate of drug-likeness (QED) is 0.795. The molecule has 0 saturated carbocycles. The van der Waals surface area contributed by atoms with Crippen molar-refractivity contribution in [1.82, 2.24) is 9.78 Å². The minimum Gasteiger partial charge on any atom is -0.389 e. The van der Waals surface area contributed by atoms with Crippen LogP contribution in [0.15, 0.2) is 60.9 Å². The van der Waals surface area contributed by atoms with Crippen molar-refractivity contribution in [3.63, 3.8) is 0 Å². The molecule has 0 bridgehead atoms. The summed E-state index contributed by atoms with van der Waals surface area (Å²) < 4.78 is 15.5. The van der Waals surface area contributed by atoms with Crippen LogP contribution in [0.1, 0.15) is 18.6 Å². The summed E-state index contributed by atoms with van der Waals surface area (Å²) in [7, 11) is 0. The summed E-state index contributed by atoms with van der Waals surface area (Å²) in [4.78, 5) is 0. The number of benzene rings is 2. The molecular formula is C17H15FN2O. The molecular weight excluding hydrogens is 267 g/mol. The maximum absolute atomic E-state index is 13.9. The molecule has 0 aliphatic heterocycles. The maximum atomic E-state index is 13.9. The molecule has 2 aromatic carbocycles. The van der Waals surface area contributed by atoms with Gasteiger partial charge in [0.25, 0.3) is 0 Å². The molecule has 3 nitrogen and oxygen atoms in total. The van der Waals surface area contributed by atoms with Crippen molar-refractivity contribution in [2.24, 2.45) is 0 Å². The third kappa shape index (κ3) is 2.58. The molecule has 1 atom stereocenters. The Labute approximate surface area is 122 Å². The highest BCUT2D eigenvalue weighted by atomic mass is 19.1. The summed E-state index contributed by atoms with van der Waals surface area (Å²) >= 11 is 0. The summed E-state index contributed by atoms with van der Waals surface area (Å²) in [5, 5.41) is 14.1. The van der Waals surface area contributed by atoms with E-state index < -0.39 is 11.9 Å². The zero-order valence-electron chi connectivity index (χ0n) is 11.6. The van der Waals surface area contributed by atoms with E-state index in [9.17, 15) is 9.50 Å². The summed E-state index contributed by atoms with van der Waals surface area (Å²) in [5.74, 6) is -0.431. The van der Waals surface area contributed by atoms with Crippen LogP contribution in [0.3, 0.4) is 0 Å². The number of halogens is 1. The lowest BCUT2D eigenvalue weighted by Crippen LogP contribution is -2.05. The standard InChI is InChI=1S/C17H15FN2O/c1-12(21)17-15(18)8-5-9-16(17)20-11-14(10-19-20)13-6-3-2-4-7-13/h2-12,21H,1H3/t12-/m0/s1. The van der Waals surface area contributed by atoms with Gasteiger partial charge in [0.15, 0.2) is 0 Å². The van der Waals surface area contributed by atoms with Gasteiger partial charge in [-0.2, -0.15) is 5.10 Å². The monoisotopic (exact) mass is 282 g/mol. The van der Waals surface area contributed by atoms with E-state index in [1.54, 1.807) is 29.9 Å². The number of rotatable bonds is 3. The highest BCUT2D eigenvalue weighted by Crippen LogP contribution is 2.26. The van der Waals surface area contributed by atoms with E-state index in [4.69, 9.17) is 0 Å². The Bertz CT molecular complexity index is 750. The van der Waals surface area contributed by atoms with E-state index in [-0.39, 0.29) is 5.56 Å². The molecule has 0 aliphatic carbocycles. The highest BCUT2D eigenvalue weighted by molar-refractivity contribution is 5.62. The van der Waals surface area contributed by atoms with Gasteiger partial charge >= 0.3 is 0 Å². The highest BCUT2D eigenvalue weighted by Gasteiger charge is 2.15. The average Bonchev–Trinajstić information content (AvgIpc) is 2.97. The van der Waals surface area contributed by atoms with Gasteiger partial charge < -0.3 is 5.11 Å². The molecule has 21 heavy (non-hydrogen) atoms. The molecule has 1 heterocycles. The molecule has 0 aliphatic rings.